The molecule has 0 radical (unpaired) electrons. The van der Waals surface area contributed by atoms with Crippen LogP contribution in [0, 0.1) is 16.0 Å². The normalized spacial score (nSPS) is 12.3. The number of nitro groups is 1. The van der Waals surface area contributed by atoms with Gasteiger partial charge in [-0.05, 0) is 19.3 Å². The van der Waals surface area contributed by atoms with Crippen molar-refractivity contribution < 1.29 is 9.66 Å². The SMILES string of the molecule is CCC(C)Nc1ncnc(OCC(C)C)c1[N+](=O)[O-]. The molecule has 1 atom stereocenters. The minimum Gasteiger partial charge on any atom is -0.472 e. The predicted molar refractivity (Wildman–Crippen MR) is 72.4 cm³/mol. The molecule has 0 amide bonds. The third-order valence-corrected chi connectivity index (χ3v) is 2.52. The highest BCUT2D eigenvalue weighted by Gasteiger charge is 2.25. The Bertz CT molecular complexity index is 437. The van der Waals surface area contributed by atoms with Gasteiger partial charge in [0, 0.05) is 6.04 Å². The molecular weight excluding hydrogens is 248 g/mol. The average molecular weight is 268 g/mol. The Balaban J connectivity index is 3.03. The van der Waals surface area contributed by atoms with Crippen LogP contribution in [0.1, 0.15) is 34.1 Å². The number of hydrogen-bond acceptors (Lipinski definition) is 6. The van der Waals surface area contributed by atoms with Crippen molar-refractivity contribution in [1.29, 1.82) is 0 Å². The van der Waals surface area contributed by atoms with Crippen molar-refractivity contribution in [2.45, 2.75) is 40.2 Å². The lowest BCUT2D eigenvalue weighted by Gasteiger charge is -2.13. The summed E-state index contributed by atoms with van der Waals surface area (Å²) < 4.78 is 5.38. The molecule has 0 saturated carbocycles. The van der Waals surface area contributed by atoms with Crippen LogP contribution in [0.3, 0.4) is 0 Å². The smallest absolute Gasteiger partial charge is 0.372 e. The van der Waals surface area contributed by atoms with Gasteiger partial charge in [0.25, 0.3) is 5.88 Å². The first kappa shape index (κ1) is 15.1. The van der Waals surface area contributed by atoms with Crippen LogP contribution in [0.4, 0.5) is 11.5 Å². The topological polar surface area (TPSA) is 90.2 Å². The third kappa shape index (κ3) is 4.35. The van der Waals surface area contributed by atoms with E-state index in [0.717, 1.165) is 6.42 Å². The lowest BCUT2D eigenvalue weighted by atomic mass is 10.2. The molecule has 0 aromatic carbocycles. The third-order valence-electron chi connectivity index (χ3n) is 2.52. The van der Waals surface area contributed by atoms with Crippen molar-refractivity contribution >= 4 is 11.5 Å². The Morgan fingerprint density at radius 3 is 2.63 bits per heavy atom. The zero-order valence-corrected chi connectivity index (χ0v) is 11.7. The lowest BCUT2D eigenvalue weighted by molar-refractivity contribution is -0.385. The van der Waals surface area contributed by atoms with Gasteiger partial charge in [0.05, 0.1) is 11.5 Å². The van der Waals surface area contributed by atoms with Gasteiger partial charge >= 0.3 is 5.69 Å². The van der Waals surface area contributed by atoms with Crippen molar-refractivity contribution in [3.63, 3.8) is 0 Å². The molecule has 0 spiro atoms. The van der Waals surface area contributed by atoms with Gasteiger partial charge in [-0.3, -0.25) is 10.1 Å². The minimum absolute atomic E-state index is 0.0134. The van der Waals surface area contributed by atoms with Crippen molar-refractivity contribution in [1.82, 2.24) is 9.97 Å². The first-order chi connectivity index (χ1) is 8.95. The molecule has 0 aliphatic heterocycles. The molecule has 1 aromatic heterocycles. The molecule has 1 aromatic rings. The number of hydrogen-bond donors (Lipinski definition) is 1. The van der Waals surface area contributed by atoms with Crippen LogP contribution in [0.15, 0.2) is 6.33 Å². The van der Waals surface area contributed by atoms with E-state index in [1.807, 2.05) is 27.7 Å². The summed E-state index contributed by atoms with van der Waals surface area (Å²) in [5, 5.41) is 14.2. The summed E-state index contributed by atoms with van der Waals surface area (Å²) in [6, 6.07) is 0.0894. The van der Waals surface area contributed by atoms with E-state index in [2.05, 4.69) is 15.3 Å². The molecular formula is C12H20N4O3. The maximum atomic E-state index is 11.2. The van der Waals surface area contributed by atoms with Crippen molar-refractivity contribution in [2.24, 2.45) is 5.92 Å². The molecule has 1 heterocycles. The van der Waals surface area contributed by atoms with Gasteiger partial charge in [-0.15, -0.1) is 0 Å². The first-order valence-electron chi connectivity index (χ1n) is 6.34. The van der Waals surface area contributed by atoms with Crippen LogP contribution in [0.5, 0.6) is 5.88 Å². The van der Waals surface area contributed by atoms with Gasteiger partial charge in [-0.1, -0.05) is 20.8 Å². The summed E-state index contributed by atoms with van der Waals surface area (Å²) >= 11 is 0. The van der Waals surface area contributed by atoms with Gasteiger partial charge in [0.2, 0.25) is 5.82 Å². The zero-order chi connectivity index (χ0) is 14.4. The molecule has 19 heavy (non-hydrogen) atoms. The lowest BCUT2D eigenvalue weighted by Crippen LogP contribution is -2.17. The second kappa shape index (κ2) is 6.86. The average Bonchev–Trinajstić information content (AvgIpc) is 2.35. The summed E-state index contributed by atoms with van der Waals surface area (Å²) in [5.41, 5.74) is -0.205. The molecule has 1 rings (SSSR count). The zero-order valence-electron chi connectivity index (χ0n) is 11.7. The standard InChI is InChI=1S/C12H20N4O3/c1-5-9(4)15-11-10(16(17)18)12(14-7-13-11)19-6-8(2)3/h7-9H,5-6H2,1-4H3,(H,13,14,15). The Labute approximate surface area is 112 Å². The molecule has 1 N–H and O–H groups in total. The van der Waals surface area contributed by atoms with E-state index in [-0.39, 0.29) is 29.3 Å². The summed E-state index contributed by atoms with van der Waals surface area (Å²) in [4.78, 5) is 18.4. The van der Waals surface area contributed by atoms with E-state index in [4.69, 9.17) is 4.74 Å². The quantitative estimate of drug-likeness (QED) is 0.604. The number of aromatic nitrogens is 2. The monoisotopic (exact) mass is 268 g/mol. The second-order valence-corrected chi connectivity index (χ2v) is 4.79. The van der Waals surface area contributed by atoms with Crippen LogP contribution in [0.25, 0.3) is 0 Å². The fraction of sp³-hybridized carbons (Fsp3) is 0.667. The highest BCUT2D eigenvalue weighted by Crippen LogP contribution is 2.31. The van der Waals surface area contributed by atoms with E-state index in [1.165, 1.54) is 6.33 Å². The van der Waals surface area contributed by atoms with E-state index in [9.17, 15) is 10.1 Å². The fourth-order valence-electron chi connectivity index (χ4n) is 1.32. The highest BCUT2D eigenvalue weighted by atomic mass is 16.6. The molecule has 0 bridgehead atoms. The largest absolute Gasteiger partial charge is 0.472 e. The van der Waals surface area contributed by atoms with Gasteiger partial charge in [-0.2, -0.15) is 4.98 Å². The maximum absolute atomic E-state index is 11.2. The molecule has 106 valence electrons. The van der Waals surface area contributed by atoms with Gasteiger partial charge < -0.3 is 10.1 Å². The van der Waals surface area contributed by atoms with Gasteiger partial charge in [0.1, 0.15) is 6.33 Å². The molecule has 1 unspecified atom stereocenters. The Kier molecular flexibility index (Phi) is 5.47. The molecule has 0 aliphatic carbocycles. The van der Waals surface area contributed by atoms with E-state index < -0.39 is 4.92 Å². The molecule has 0 saturated heterocycles. The summed E-state index contributed by atoms with van der Waals surface area (Å²) in [5.74, 6) is 0.480. The summed E-state index contributed by atoms with van der Waals surface area (Å²) in [6.07, 6.45) is 2.11. The number of anilines is 1. The molecule has 0 fully saturated rings. The Hall–Kier alpha value is -1.92. The fourth-order valence-corrected chi connectivity index (χ4v) is 1.32. The summed E-state index contributed by atoms with van der Waals surface area (Å²) in [7, 11) is 0. The first-order valence-corrected chi connectivity index (χ1v) is 6.34. The van der Waals surface area contributed by atoms with E-state index in [0.29, 0.717) is 6.61 Å². The van der Waals surface area contributed by atoms with Crippen LogP contribution in [-0.4, -0.2) is 27.5 Å². The Morgan fingerprint density at radius 2 is 2.11 bits per heavy atom. The minimum atomic E-state index is -0.514. The number of ether oxygens (including phenoxy) is 1. The van der Waals surface area contributed by atoms with Crippen LogP contribution < -0.4 is 10.1 Å². The van der Waals surface area contributed by atoms with Gasteiger partial charge in [0.15, 0.2) is 0 Å². The van der Waals surface area contributed by atoms with Crippen molar-refractivity contribution in [3.8, 4) is 5.88 Å². The number of nitrogens with one attached hydrogen (secondary N) is 1. The summed E-state index contributed by atoms with van der Waals surface area (Å²) in [6.45, 7) is 8.22. The van der Waals surface area contributed by atoms with Crippen molar-refractivity contribution in [2.75, 3.05) is 11.9 Å². The van der Waals surface area contributed by atoms with E-state index in [1.54, 1.807) is 0 Å². The number of nitrogens with zero attached hydrogens (tertiary/aromatic N) is 3. The predicted octanol–water partition coefficient (Wildman–Crippen LogP) is 2.63. The van der Waals surface area contributed by atoms with Crippen LogP contribution in [0.2, 0.25) is 0 Å². The second-order valence-electron chi connectivity index (χ2n) is 4.79. The number of rotatable bonds is 7. The van der Waals surface area contributed by atoms with Gasteiger partial charge in [-0.25, -0.2) is 4.98 Å². The van der Waals surface area contributed by atoms with Crippen molar-refractivity contribution in [3.05, 3.63) is 16.4 Å². The van der Waals surface area contributed by atoms with E-state index >= 15 is 0 Å². The van der Waals surface area contributed by atoms with Crippen LogP contribution in [-0.2, 0) is 0 Å². The molecule has 7 nitrogen and oxygen atoms in total. The maximum Gasteiger partial charge on any atom is 0.372 e. The Morgan fingerprint density at radius 1 is 1.42 bits per heavy atom. The molecule has 7 heteroatoms. The molecule has 0 aliphatic rings. The van der Waals surface area contributed by atoms with Crippen LogP contribution >= 0.6 is 0 Å². The highest BCUT2D eigenvalue weighted by molar-refractivity contribution is 5.61.